The summed E-state index contributed by atoms with van der Waals surface area (Å²) in [4.78, 5) is 0. The van der Waals surface area contributed by atoms with Crippen LogP contribution in [0.5, 0.6) is 0 Å². The van der Waals surface area contributed by atoms with Gasteiger partial charge in [0, 0.05) is 5.92 Å². The van der Waals surface area contributed by atoms with Crippen molar-refractivity contribution < 1.29 is 0 Å². The summed E-state index contributed by atoms with van der Waals surface area (Å²) >= 11 is 0. The lowest BCUT2D eigenvalue weighted by molar-refractivity contribution is 0.522. The molecule has 1 heteroatoms. The van der Waals surface area contributed by atoms with E-state index in [2.05, 4.69) is 19.9 Å². The fourth-order valence-electron chi connectivity index (χ4n) is 1.07. The van der Waals surface area contributed by atoms with Gasteiger partial charge in [0.25, 0.3) is 0 Å². The van der Waals surface area contributed by atoms with Crippen molar-refractivity contribution in [3.63, 3.8) is 0 Å². The maximum atomic E-state index is 8.63. The number of nitrogens with zero attached hydrogens (tertiary/aromatic N) is 1. The topological polar surface area (TPSA) is 23.8 Å². The molecule has 0 aliphatic rings. The highest BCUT2D eigenvalue weighted by Gasteiger charge is 2.03. The first-order chi connectivity index (χ1) is 4.85. The molecule has 0 heterocycles. The lowest BCUT2D eigenvalue weighted by atomic mass is 9.99. The van der Waals surface area contributed by atoms with Crippen molar-refractivity contribution >= 4 is 0 Å². The van der Waals surface area contributed by atoms with Crippen molar-refractivity contribution in [1.82, 2.24) is 0 Å². The fourth-order valence-corrected chi connectivity index (χ4v) is 1.07. The lowest BCUT2D eigenvalue weighted by Crippen LogP contribution is -1.95. The first-order valence-electron chi connectivity index (χ1n) is 4.24. The molecule has 0 aromatic heterocycles. The molecular weight excluding hydrogens is 122 g/mol. The molecule has 0 bridgehead atoms. The van der Waals surface area contributed by atoms with Gasteiger partial charge in [-0.05, 0) is 12.8 Å². The van der Waals surface area contributed by atoms with Gasteiger partial charge in [0.15, 0.2) is 0 Å². The molecule has 0 radical (unpaired) electrons. The van der Waals surface area contributed by atoms with Gasteiger partial charge in [0.1, 0.15) is 0 Å². The molecule has 1 unspecified atom stereocenters. The summed E-state index contributed by atoms with van der Waals surface area (Å²) in [6, 6.07) is 2.34. The Labute approximate surface area is 64.1 Å². The van der Waals surface area contributed by atoms with Gasteiger partial charge in [0.05, 0.1) is 6.07 Å². The van der Waals surface area contributed by atoms with Crippen LogP contribution in [0.3, 0.4) is 0 Å². The van der Waals surface area contributed by atoms with Gasteiger partial charge in [-0.1, -0.05) is 33.1 Å². The van der Waals surface area contributed by atoms with Gasteiger partial charge in [-0.3, -0.25) is 0 Å². The zero-order chi connectivity index (χ0) is 7.82. The minimum absolute atomic E-state index is 0.324. The van der Waals surface area contributed by atoms with E-state index in [0.29, 0.717) is 5.92 Å². The quantitative estimate of drug-likeness (QED) is 0.574. The van der Waals surface area contributed by atoms with Gasteiger partial charge < -0.3 is 0 Å². The summed E-state index contributed by atoms with van der Waals surface area (Å²) in [7, 11) is 0. The van der Waals surface area contributed by atoms with Crippen LogP contribution in [0, 0.1) is 17.2 Å². The molecule has 1 nitrogen and oxygen atoms in total. The molecule has 1 atom stereocenters. The predicted molar refractivity (Wildman–Crippen MR) is 43.5 cm³/mol. The van der Waals surface area contributed by atoms with Crippen molar-refractivity contribution in [2.45, 2.75) is 46.0 Å². The van der Waals surface area contributed by atoms with E-state index in [1.807, 2.05) is 0 Å². The molecule has 0 saturated carbocycles. The summed E-state index contributed by atoms with van der Waals surface area (Å²) < 4.78 is 0. The van der Waals surface area contributed by atoms with Crippen LogP contribution in [0.2, 0.25) is 0 Å². The van der Waals surface area contributed by atoms with E-state index in [1.54, 1.807) is 0 Å². The Hall–Kier alpha value is -0.510. The Balaban J connectivity index is 3.33. The van der Waals surface area contributed by atoms with Crippen molar-refractivity contribution in [2.75, 3.05) is 0 Å². The van der Waals surface area contributed by atoms with Crippen molar-refractivity contribution in [2.24, 2.45) is 5.92 Å². The van der Waals surface area contributed by atoms with Crippen molar-refractivity contribution in [1.29, 1.82) is 5.26 Å². The zero-order valence-electron chi connectivity index (χ0n) is 7.06. The number of hydrogen-bond donors (Lipinski definition) is 0. The maximum Gasteiger partial charge on any atom is 0.0655 e. The van der Waals surface area contributed by atoms with Crippen LogP contribution in [0.1, 0.15) is 46.0 Å². The summed E-state index contributed by atoms with van der Waals surface area (Å²) in [5.41, 5.74) is 0. The third-order valence-electron chi connectivity index (χ3n) is 1.73. The van der Waals surface area contributed by atoms with Crippen LogP contribution in [-0.2, 0) is 0 Å². The van der Waals surface area contributed by atoms with Gasteiger partial charge >= 0.3 is 0 Å². The fraction of sp³-hybridized carbons (Fsp3) is 0.889. The monoisotopic (exact) mass is 139 g/mol. The van der Waals surface area contributed by atoms with E-state index in [4.69, 9.17) is 5.26 Å². The van der Waals surface area contributed by atoms with Crippen LogP contribution in [-0.4, -0.2) is 0 Å². The van der Waals surface area contributed by atoms with Crippen molar-refractivity contribution in [3.8, 4) is 6.07 Å². The summed E-state index contributed by atoms with van der Waals surface area (Å²) in [5.74, 6) is 0.324. The van der Waals surface area contributed by atoms with Gasteiger partial charge in [-0.15, -0.1) is 0 Å². The van der Waals surface area contributed by atoms with Crippen LogP contribution in [0.15, 0.2) is 0 Å². The van der Waals surface area contributed by atoms with E-state index in [9.17, 15) is 0 Å². The normalized spacial score (nSPS) is 12.5. The number of nitriles is 1. The summed E-state index contributed by atoms with van der Waals surface area (Å²) in [6.07, 6.45) is 5.74. The molecular formula is C9H17N. The van der Waals surface area contributed by atoms with E-state index in [-0.39, 0.29) is 0 Å². The molecule has 58 valence electrons. The Kier molecular flexibility index (Phi) is 6.27. The number of unbranched alkanes of at least 4 members (excludes halogenated alkanes) is 1. The predicted octanol–water partition coefficient (Wildman–Crippen LogP) is 3.12. The number of hydrogen-bond acceptors (Lipinski definition) is 1. The molecule has 0 N–H and O–H groups in total. The Morgan fingerprint density at radius 1 is 1.20 bits per heavy atom. The third kappa shape index (κ3) is 4.38. The largest absolute Gasteiger partial charge is 0.198 e. The van der Waals surface area contributed by atoms with Crippen LogP contribution in [0.4, 0.5) is 0 Å². The van der Waals surface area contributed by atoms with Crippen molar-refractivity contribution in [3.05, 3.63) is 0 Å². The Morgan fingerprint density at radius 2 is 1.90 bits per heavy atom. The smallest absolute Gasteiger partial charge is 0.0655 e. The first kappa shape index (κ1) is 9.49. The van der Waals surface area contributed by atoms with E-state index >= 15 is 0 Å². The number of rotatable bonds is 5. The van der Waals surface area contributed by atoms with E-state index in [0.717, 1.165) is 19.3 Å². The van der Waals surface area contributed by atoms with Crippen LogP contribution in [0.25, 0.3) is 0 Å². The second-order valence-electron chi connectivity index (χ2n) is 2.76. The highest BCUT2D eigenvalue weighted by Crippen LogP contribution is 2.12. The van der Waals surface area contributed by atoms with E-state index < -0.39 is 0 Å². The molecule has 0 saturated heterocycles. The third-order valence-corrected chi connectivity index (χ3v) is 1.73. The maximum absolute atomic E-state index is 8.63. The SMILES string of the molecule is CCCCC(C#N)CCC. The second-order valence-corrected chi connectivity index (χ2v) is 2.76. The highest BCUT2D eigenvalue weighted by molar-refractivity contribution is 4.81. The molecule has 10 heavy (non-hydrogen) atoms. The molecule has 0 spiro atoms. The average molecular weight is 139 g/mol. The van der Waals surface area contributed by atoms with E-state index in [1.165, 1.54) is 12.8 Å². The first-order valence-corrected chi connectivity index (χ1v) is 4.24. The Bertz CT molecular complexity index is 102. The zero-order valence-corrected chi connectivity index (χ0v) is 7.06. The lowest BCUT2D eigenvalue weighted by Gasteiger charge is -2.04. The average Bonchev–Trinajstić information content (AvgIpc) is 1.98. The van der Waals surface area contributed by atoms with Gasteiger partial charge in [-0.2, -0.15) is 5.26 Å². The van der Waals surface area contributed by atoms with Crippen LogP contribution >= 0.6 is 0 Å². The minimum atomic E-state index is 0.324. The highest BCUT2D eigenvalue weighted by atomic mass is 14.3. The second kappa shape index (κ2) is 6.61. The molecule has 0 rings (SSSR count). The Morgan fingerprint density at radius 3 is 2.30 bits per heavy atom. The van der Waals surface area contributed by atoms with Gasteiger partial charge in [-0.25, -0.2) is 0 Å². The molecule has 0 aromatic carbocycles. The molecule has 0 aromatic rings. The summed E-state index contributed by atoms with van der Waals surface area (Å²) in [6.45, 7) is 4.30. The molecule has 0 fully saturated rings. The minimum Gasteiger partial charge on any atom is -0.198 e. The van der Waals surface area contributed by atoms with Gasteiger partial charge in [0.2, 0.25) is 0 Å². The standard InChI is InChI=1S/C9H17N/c1-3-5-7-9(8-10)6-4-2/h9H,3-7H2,1-2H3. The van der Waals surface area contributed by atoms with Crippen LogP contribution < -0.4 is 0 Å². The summed E-state index contributed by atoms with van der Waals surface area (Å²) in [5, 5.41) is 8.63. The molecule has 0 aliphatic carbocycles. The molecule has 0 aliphatic heterocycles. The molecule has 0 amide bonds.